The number of halogens is 2. The van der Waals surface area contributed by atoms with Crippen molar-refractivity contribution < 1.29 is 13.6 Å². The average molecular weight is 388 g/mol. The Bertz CT molecular complexity index is 807. The van der Waals surface area contributed by atoms with E-state index in [4.69, 9.17) is 0 Å². The summed E-state index contributed by atoms with van der Waals surface area (Å²) in [6, 6.07) is 10.6. The highest BCUT2D eigenvalue weighted by Gasteiger charge is 2.07. The van der Waals surface area contributed by atoms with Crippen LogP contribution in [-0.2, 0) is 13.1 Å². The summed E-state index contributed by atoms with van der Waals surface area (Å²) in [7, 11) is 1.60. The zero-order chi connectivity index (χ0) is 20.4. The monoisotopic (exact) mass is 388 g/mol. The Balaban J connectivity index is 1.84. The molecule has 7 heteroatoms. The van der Waals surface area contributed by atoms with Crippen LogP contribution in [0.25, 0.3) is 0 Å². The molecule has 3 N–H and O–H groups in total. The van der Waals surface area contributed by atoms with Gasteiger partial charge in [-0.15, -0.1) is 0 Å². The Hall–Kier alpha value is -2.96. The van der Waals surface area contributed by atoms with Crippen LogP contribution in [0, 0.1) is 11.6 Å². The van der Waals surface area contributed by atoms with Gasteiger partial charge in [-0.2, -0.15) is 0 Å². The molecule has 28 heavy (non-hydrogen) atoms. The van der Waals surface area contributed by atoms with Gasteiger partial charge in [0.2, 0.25) is 0 Å². The Morgan fingerprint density at radius 1 is 1.00 bits per heavy atom. The van der Waals surface area contributed by atoms with E-state index in [-0.39, 0.29) is 18.0 Å². The molecular formula is C21H26F2N4O. The molecule has 1 amide bonds. The Morgan fingerprint density at radius 3 is 2.39 bits per heavy atom. The predicted octanol–water partition coefficient (Wildman–Crippen LogP) is 3.36. The number of hydrogen-bond acceptors (Lipinski definition) is 2. The summed E-state index contributed by atoms with van der Waals surface area (Å²) in [5.74, 6) is -0.579. The van der Waals surface area contributed by atoms with Gasteiger partial charge in [0.25, 0.3) is 5.91 Å². The number of nitrogens with one attached hydrogen (secondary N) is 3. The maximum absolute atomic E-state index is 13.7. The first-order chi connectivity index (χ1) is 13.5. The van der Waals surface area contributed by atoms with E-state index in [1.165, 1.54) is 0 Å². The number of rotatable bonds is 8. The number of amides is 1. The highest BCUT2D eigenvalue weighted by Crippen LogP contribution is 2.09. The van der Waals surface area contributed by atoms with Crippen LogP contribution < -0.4 is 16.0 Å². The van der Waals surface area contributed by atoms with Gasteiger partial charge in [0.05, 0.1) is 0 Å². The summed E-state index contributed by atoms with van der Waals surface area (Å²) in [4.78, 5) is 16.1. The molecule has 0 unspecified atom stereocenters. The number of hydrogen-bond donors (Lipinski definition) is 3. The second-order valence-electron chi connectivity index (χ2n) is 6.32. The molecular weight excluding hydrogens is 362 g/mol. The van der Waals surface area contributed by atoms with Crippen LogP contribution >= 0.6 is 0 Å². The van der Waals surface area contributed by atoms with Gasteiger partial charge in [0, 0.05) is 37.8 Å². The molecule has 150 valence electrons. The molecule has 0 radical (unpaired) electrons. The zero-order valence-corrected chi connectivity index (χ0v) is 16.2. The lowest BCUT2D eigenvalue weighted by molar-refractivity contribution is 0.0953. The summed E-state index contributed by atoms with van der Waals surface area (Å²) in [6.45, 7) is 3.33. The highest BCUT2D eigenvalue weighted by molar-refractivity contribution is 5.94. The normalized spacial score (nSPS) is 11.2. The first-order valence-corrected chi connectivity index (χ1v) is 9.29. The molecule has 0 aromatic heterocycles. The summed E-state index contributed by atoms with van der Waals surface area (Å²) < 4.78 is 26.9. The number of benzene rings is 2. The van der Waals surface area contributed by atoms with Crippen LogP contribution in [0.2, 0.25) is 0 Å². The molecule has 0 spiro atoms. The molecule has 0 aliphatic carbocycles. The molecule has 2 aromatic rings. The van der Waals surface area contributed by atoms with Crippen LogP contribution in [0.3, 0.4) is 0 Å². The molecule has 0 aliphatic rings. The third-order valence-electron chi connectivity index (χ3n) is 4.17. The second kappa shape index (κ2) is 11.0. The lowest BCUT2D eigenvalue weighted by Gasteiger charge is -2.13. The van der Waals surface area contributed by atoms with E-state index in [2.05, 4.69) is 27.9 Å². The summed E-state index contributed by atoms with van der Waals surface area (Å²) in [6.07, 6.45) is 1.99. The Kier molecular flexibility index (Phi) is 8.39. The van der Waals surface area contributed by atoms with Gasteiger partial charge in [-0.05, 0) is 42.3 Å². The van der Waals surface area contributed by atoms with Crippen molar-refractivity contribution in [1.82, 2.24) is 16.0 Å². The fraction of sp³-hybridized carbons (Fsp3) is 0.333. The van der Waals surface area contributed by atoms with Crippen molar-refractivity contribution in [1.29, 1.82) is 0 Å². The van der Waals surface area contributed by atoms with E-state index in [0.717, 1.165) is 36.6 Å². The molecule has 2 rings (SSSR count). The predicted molar refractivity (Wildman–Crippen MR) is 107 cm³/mol. The Labute approximate surface area is 164 Å². The van der Waals surface area contributed by atoms with E-state index in [9.17, 15) is 13.6 Å². The van der Waals surface area contributed by atoms with Crippen LogP contribution in [0.5, 0.6) is 0 Å². The summed E-state index contributed by atoms with van der Waals surface area (Å²) >= 11 is 0. The summed E-state index contributed by atoms with van der Waals surface area (Å²) in [5, 5.41) is 8.93. The average Bonchev–Trinajstić information content (AvgIpc) is 2.71. The van der Waals surface area contributed by atoms with Gasteiger partial charge in [-0.1, -0.05) is 25.5 Å². The van der Waals surface area contributed by atoms with Gasteiger partial charge >= 0.3 is 0 Å². The minimum Gasteiger partial charge on any atom is -0.352 e. The van der Waals surface area contributed by atoms with E-state index < -0.39 is 11.6 Å². The van der Waals surface area contributed by atoms with Crippen molar-refractivity contribution in [3.63, 3.8) is 0 Å². The zero-order valence-electron chi connectivity index (χ0n) is 16.2. The molecule has 0 saturated carbocycles. The fourth-order valence-corrected chi connectivity index (χ4v) is 2.52. The topological polar surface area (TPSA) is 65.5 Å². The van der Waals surface area contributed by atoms with Crippen molar-refractivity contribution in [2.45, 2.75) is 32.9 Å². The van der Waals surface area contributed by atoms with Crippen molar-refractivity contribution in [3.05, 3.63) is 70.8 Å². The maximum atomic E-state index is 13.7. The van der Waals surface area contributed by atoms with Gasteiger partial charge in [-0.25, -0.2) is 8.78 Å². The van der Waals surface area contributed by atoms with E-state index in [0.29, 0.717) is 24.6 Å². The first kappa shape index (κ1) is 21.3. The molecule has 0 saturated heterocycles. The lowest BCUT2D eigenvalue weighted by Crippen LogP contribution is -2.36. The van der Waals surface area contributed by atoms with E-state index in [1.807, 2.05) is 12.1 Å². The maximum Gasteiger partial charge on any atom is 0.251 e. The van der Waals surface area contributed by atoms with Crippen LogP contribution in [0.1, 0.15) is 41.3 Å². The van der Waals surface area contributed by atoms with Crippen LogP contribution in [0.15, 0.2) is 47.5 Å². The van der Waals surface area contributed by atoms with Crippen molar-refractivity contribution in [2.75, 3.05) is 13.6 Å². The SMILES string of the molecule is CCCCNC(=O)c1ccc(CNC(=NC)NCc2cc(F)ccc2F)cc1. The van der Waals surface area contributed by atoms with Gasteiger partial charge < -0.3 is 16.0 Å². The molecule has 0 fully saturated rings. The van der Waals surface area contributed by atoms with Crippen molar-refractivity contribution in [3.8, 4) is 0 Å². The van der Waals surface area contributed by atoms with E-state index in [1.54, 1.807) is 19.2 Å². The van der Waals surface area contributed by atoms with E-state index >= 15 is 0 Å². The molecule has 2 aromatic carbocycles. The number of carbonyl (C=O) groups is 1. The smallest absolute Gasteiger partial charge is 0.251 e. The Morgan fingerprint density at radius 2 is 1.71 bits per heavy atom. The number of unbranched alkanes of at least 4 members (excludes halogenated alkanes) is 1. The number of nitrogens with zero attached hydrogens (tertiary/aromatic N) is 1. The molecule has 0 bridgehead atoms. The largest absolute Gasteiger partial charge is 0.352 e. The first-order valence-electron chi connectivity index (χ1n) is 9.29. The number of aliphatic imine (C=N–C) groups is 1. The third kappa shape index (κ3) is 6.64. The second-order valence-corrected chi connectivity index (χ2v) is 6.32. The molecule has 0 atom stereocenters. The fourth-order valence-electron chi connectivity index (χ4n) is 2.52. The van der Waals surface area contributed by atoms with Gasteiger partial charge in [0.1, 0.15) is 11.6 Å². The molecule has 5 nitrogen and oxygen atoms in total. The minimum atomic E-state index is -0.486. The van der Waals surface area contributed by atoms with Crippen molar-refractivity contribution in [2.24, 2.45) is 4.99 Å². The number of carbonyl (C=O) groups excluding carboxylic acids is 1. The van der Waals surface area contributed by atoms with Crippen LogP contribution in [-0.4, -0.2) is 25.5 Å². The van der Waals surface area contributed by atoms with Gasteiger partial charge in [-0.3, -0.25) is 9.79 Å². The standard InChI is InChI=1S/C21H26F2N4O/c1-3-4-11-25-20(28)16-7-5-15(6-8-16)13-26-21(24-2)27-14-17-12-18(22)9-10-19(17)23/h5-10,12H,3-4,11,13-14H2,1-2H3,(H,25,28)(H2,24,26,27). The quantitative estimate of drug-likeness (QED) is 0.369. The lowest BCUT2D eigenvalue weighted by atomic mass is 10.1. The minimum absolute atomic E-state index is 0.0810. The summed E-state index contributed by atoms with van der Waals surface area (Å²) in [5.41, 5.74) is 1.80. The number of guanidine groups is 1. The van der Waals surface area contributed by atoms with Crippen molar-refractivity contribution >= 4 is 11.9 Å². The third-order valence-corrected chi connectivity index (χ3v) is 4.17. The highest BCUT2D eigenvalue weighted by atomic mass is 19.1. The van der Waals surface area contributed by atoms with Gasteiger partial charge in [0.15, 0.2) is 5.96 Å². The molecule has 0 aliphatic heterocycles. The molecule has 0 heterocycles. The van der Waals surface area contributed by atoms with Crippen LogP contribution in [0.4, 0.5) is 8.78 Å².